The number of aryl methyl sites for hydroxylation is 1. The lowest BCUT2D eigenvalue weighted by molar-refractivity contribution is -0.206. The number of rotatable bonds is 7. The molecule has 7 nitrogen and oxygen atoms in total. The number of hydrogen-bond donors (Lipinski definition) is 0. The SMILES string of the molecule is Cc1cc(Cl)cc(-c2ccnc3cc(Cn4c(=O)ccn(CC(F)(F)F)c4=O)sc23)c1O[C@@H]1CN(C2CC(C(F)(F)F)C2)C[C@@H]1C. The molecule has 1 saturated carbocycles. The number of alkyl halides is 6. The molecule has 2 atom stereocenters. The van der Waals surface area contributed by atoms with Gasteiger partial charge in [-0.05, 0) is 49.6 Å². The predicted octanol–water partition coefficient (Wildman–Crippen LogP) is 6.90. The first-order valence-corrected chi connectivity index (χ1v) is 15.8. The van der Waals surface area contributed by atoms with Gasteiger partial charge in [-0.25, -0.2) is 4.79 Å². The Labute approximate surface area is 268 Å². The molecule has 0 unspecified atom stereocenters. The highest BCUT2D eigenvalue weighted by Crippen LogP contribution is 2.46. The summed E-state index contributed by atoms with van der Waals surface area (Å²) in [6, 6.07) is 7.77. The molecular formula is C31H29ClF6N4O3S. The van der Waals surface area contributed by atoms with Gasteiger partial charge in [0.15, 0.2) is 0 Å². The van der Waals surface area contributed by atoms with E-state index in [1.165, 1.54) is 11.3 Å². The van der Waals surface area contributed by atoms with Gasteiger partial charge in [0.25, 0.3) is 5.56 Å². The fourth-order valence-corrected chi connectivity index (χ4v) is 7.67. The molecule has 0 bridgehead atoms. The van der Waals surface area contributed by atoms with Crippen LogP contribution in [0.3, 0.4) is 0 Å². The number of pyridine rings is 1. The summed E-state index contributed by atoms with van der Waals surface area (Å²) in [4.78, 5) is 32.3. The molecule has 15 heteroatoms. The first kappa shape index (κ1) is 32.6. The molecule has 1 aliphatic heterocycles. The van der Waals surface area contributed by atoms with Crippen molar-refractivity contribution in [3.63, 3.8) is 0 Å². The summed E-state index contributed by atoms with van der Waals surface area (Å²) in [6.45, 7) is 3.21. The van der Waals surface area contributed by atoms with Gasteiger partial charge in [-0.3, -0.25) is 23.8 Å². The molecule has 2 fully saturated rings. The number of benzene rings is 1. The van der Waals surface area contributed by atoms with Crippen molar-refractivity contribution in [1.82, 2.24) is 19.0 Å². The van der Waals surface area contributed by atoms with Crippen LogP contribution in [0.2, 0.25) is 5.02 Å². The van der Waals surface area contributed by atoms with E-state index in [0.29, 0.717) is 54.6 Å². The molecular weight excluding hydrogens is 658 g/mol. The second-order valence-electron chi connectivity index (χ2n) is 12.1. The van der Waals surface area contributed by atoms with E-state index in [2.05, 4.69) is 9.88 Å². The number of fused-ring (bicyclic) bond motifs is 1. The number of halogens is 7. The molecule has 0 radical (unpaired) electrons. The Kier molecular flexibility index (Phi) is 8.51. The summed E-state index contributed by atoms with van der Waals surface area (Å²) in [7, 11) is 0. The summed E-state index contributed by atoms with van der Waals surface area (Å²) >= 11 is 7.73. The van der Waals surface area contributed by atoms with E-state index in [0.717, 1.165) is 22.4 Å². The second-order valence-corrected chi connectivity index (χ2v) is 13.7. The van der Waals surface area contributed by atoms with E-state index < -0.39 is 36.1 Å². The summed E-state index contributed by atoms with van der Waals surface area (Å²) in [6.07, 6.45) is -6.48. The van der Waals surface area contributed by atoms with Crippen molar-refractivity contribution >= 4 is 33.2 Å². The van der Waals surface area contributed by atoms with E-state index in [1.54, 1.807) is 30.5 Å². The van der Waals surface area contributed by atoms with Crippen LogP contribution in [0.15, 0.2) is 52.3 Å². The van der Waals surface area contributed by atoms with Crippen LogP contribution in [0.1, 0.15) is 30.2 Å². The maximum absolute atomic E-state index is 13.1. The van der Waals surface area contributed by atoms with E-state index in [-0.39, 0.29) is 37.5 Å². The third-order valence-corrected chi connectivity index (χ3v) is 10.1. The minimum absolute atomic E-state index is 0.0595. The van der Waals surface area contributed by atoms with Gasteiger partial charge < -0.3 is 4.74 Å². The first-order valence-electron chi connectivity index (χ1n) is 14.6. The molecule has 1 aliphatic carbocycles. The van der Waals surface area contributed by atoms with Gasteiger partial charge in [-0.2, -0.15) is 26.3 Å². The van der Waals surface area contributed by atoms with Crippen LogP contribution in [0.25, 0.3) is 21.3 Å². The smallest absolute Gasteiger partial charge is 0.406 e. The van der Waals surface area contributed by atoms with Crippen LogP contribution < -0.4 is 16.0 Å². The van der Waals surface area contributed by atoms with Gasteiger partial charge in [0.2, 0.25) is 0 Å². The van der Waals surface area contributed by atoms with Crippen LogP contribution in [-0.2, 0) is 13.1 Å². The zero-order valence-electron chi connectivity index (χ0n) is 24.7. The fourth-order valence-electron chi connectivity index (χ4n) is 6.26. The highest BCUT2D eigenvalue weighted by Gasteiger charge is 2.51. The minimum atomic E-state index is -4.64. The summed E-state index contributed by atoms with van der Waals surface area (Å²) < 4.78 is 86.7. The Morgan fingerprint density at radius 1 is 1.04 bits per heavy atom. The summed E-state index contributed by atoms with van der Waals surface area (Å²) in [5.74, 6) is -0.630. The third kappa shape index (κ3) is 6.56. The number of thiophene rings is 1. The average Bonchev–Trinajstić information content (AvgIpc) is 3.49. The number of aromatic nitrogens is 3. The maximum atomic E-state index is 13.1. The number of likely N-dealkylation sites (tertiary alicyclic amines) is 1. The monoisotopic (exact) mass is 686 g/mol. The van der Waals surface area contributed by atoms with Crippen molar-refractivity contribution in [2.75, 3.05) is 13.1 Å². The van der Waals surface area contributed by atoms with Crippen molar-refractivity contribution < 1.29 is 31.1 Å². The molecule has 0 amide bonds. The van der Waals surface area contributed by atoms with E-state index >= 15 is 0 Å². The Balaban J connectivity index is 1.29. The highest BCUT2D eigenvalue weighted by molar-refractivity contribution is 7.19. The fraction of sp³-hybridized carbons (Fsp3) is 0.452. The first-order chi connectivity index (χ1) is 21.6. The molecule has 246 valence electrons. The van der Waals surface area contributed by atoms with E-state index in [1.807, 2.05) is 13.8 Å². The molecule has 6 rings (SSSR count). The van der Waals surface area contributed by atoms with Crippen LogP contribution in [0.4, 0.5) is 26.3 Å². The van der Waals surface area contributed by atoms with Crippen LogP contribution in [-0.4, -0.2) is 56.6 Å². The van der Waals surface area contributed by atoms with Gasteiger partial charge in [-0.15, -0.1) is 11.3 Å². The molecule has 3 aromatic heterocycles. The Morgan fingerprint density at radius 2 is 1.78 bits per heavy atom. The van der Waals surface area contributed by atoms with Gasteiger partial charge in [0.05, 0.1) is 22.7 Å². The Morgan fingerprint density at radius 3 is 2.48 bits per heavy atom. The quantitative estimate of drug-likeness (QED) is 0.198. The molecule has 1 saturated heterocycles. The average molecular weight is 687 g/mol. The largest absolute Gasteiger partial charge is 0.488 e. The molecule has 4 heterocycles. The van der Waals surface area contributed by atoms with Gasteiger partial charge in [0.1, 0.15) is 18.4 Å². The summed E-state index contributed by atoms with van der Waals surface area (Å²) in [5, 5.41) is 0.455. The topological polar surface area (TPSA) is 69.4 Å². The Hall–Kier alpha value is -3.36. The van der Waals surface area contributed by atoms with Gasteiger partial charge in [-0.1, -0.05) is 18.5 Å². The normalized spacial score (nSPS) is 22.4. The lowest BCUT2D eigenvalue weighted by Crippen LogP contribution is -2.48. The number of hydrogen-bond acceptors (Lipinski definition) is 6. The van der Waals surface area contributed by atoms with E-state index in [4.69, 9.17) is 16.3 Å². The highest BCUT2D eigenvalue weighted by atomic mass is 35.5. The standard InChI is InChI=1S/C31H29ClF6N4O3S/c1-16-7-19(32)10-23(27(16)45-25-14-41(12-17(25)2)20-8-18(9-20)31(36,37)38)22-3-5-39-24-11-21(46-28(22)24)13-42-26(43)4-6-40(29(42)44)15-30(33,34)35/h3-7,10-11,17-18,20,25H,8-9,12-15H2,1-2H3/t17-,18?,20?,25+/m0/s1. The maximum Gasteiger partial charge on any atom is 0.406 e. The molecule has 46 heavy (non-hydrogen) atoms. The van der Waals surface area contributed by atoms with E-state index in [9.17, 15) is 35.9 Å². The molecule has 0 N–H and O–H groups in total. The zero-order chi connectivity index (χ0) is 33.1. The lowest BCUT2D eigenvalue weighted by atomic mass is 9.79. The minimum Gasteiger partial charge on any atom is -0.488 e. The van der Waals surface area contributed by atoms with Crippen LogP contribution >= 0.6 is 22.9 Å². The third-order valence-electron chi connectivity index (χ3n) is 8.73. The van der Waals surface area contributed by atoms with Gasteiger partial charge in [0, 0.05) is 64.5 Å². The van der Waals surface area contributed by atoms with Crippen molar-refractivity contribution in [2.24, 2.45) is 11.8 Å². The summed E-state index contributed by atoms with van der Waals surface area (Å²) in [5.41, 5.74) is 0.882. The van der Waals surface area contributed by atoms with Gasteiger partial charge >= 0.3 is 18.0 Å². The van der Waals surface area contributed by atoms with Crippen molar-refractivity contribution in [3.8, 4) is 16.9 Å². The second kappa shape index (κ2) is 12.0. The lowest BCUT2D eigenvalue weighted by Gasteiger charge is -2.42. The Bertz CT molecular complexity index is 1900. The predicted molar refractivity (Wildman–Crippen MR) is 163 cm³/mol. The molecule has 0 spiro atoms. The van der Waals surface area contributed by atoms with Crippen molar-refractivity contribution in [3.05, 3.63) is 79.0 Å². The van der Waals surface area contributed by atoms with Crippen molar-refractivity contribution in [2.45, 2.75) is 64.3 Å². The van der Waals surface area contributed by atoms with Crippen LogP contribution in [0, 0.1) is 18.8 Å². The number of nitrogens with zero attached hydrogens (tertiary/aromatic N) is 4. The molecule has 1 aromatic carbocycles. The molecule has 4 aromatic rings. The van der Waals surface area contributed by atoms with Crippen LogP contribution in [0.5, 0.6) is 5.75 Å². The molecule has 2 aliphatic rings. The number of ether oxygens (including phenoxy) is 1. The van der Waals surface area contributed by atoms with Crippen molar-refractivity contribution in [1.29, 1.82) is 0 Å². The zero-order valence-corrected chi connectivity index (χ0v) is 26.2.